The number of pyridine rings is 1. The number of nitrogens with zero attached hydrogens (tertiary/aromatic N) is 4. The van der Waals surface area contributed by atoms with Crippen LogP contribution in [0.2, 0.25) is 0 Å². The third kappa shape index (κ3) is 17.0. The number of anilines is 3. The molecule has 12 heteroatoms. The van der Waals surface area contributed by atoms with E-state index in [2.05, 4.69) is 60.0 Å². The van der Waals surface area contributed by atoms with Crippen molar-refractivity contribution in [1.29, 1.82) is 0 Å². The minimum atomic E-state index is -3.42. The lowest BCUT2D eigenvalue weighted by molar-refractivity contribution is -0.116. The quantitative estimate of drug-likeness (QED) is 0.157. The van der Waals surface area contributed by atoms with Gasteiger partial charge < -0.3 is 19.5 Å². The number of aryl methyl sites for hydroxylation is 1. The highest BCUT2D eigenvalue weighted by atomic mass is 31.0. The topological polar surface area (TPSA) is 91.6 Å². The van der Waals surface area contributed by atoms with E-state index in [0.29, 0.717) is 50.7 Å². The number of Topliss-reactive ketones (excluding diaryl/α,β-unsaturated/α-hetero) is 1. The summed E-state index contributed by atoms with van der Waals surface area (Å²) in [5.41, 5.74) is -2.40. The largest absolute Gasteiger partial charge is 0.418 e. The molecule has 4 rings (SSSR count). The lowest BCUT2D eigenvalue weighted by atomic mass is 10.0. The zero-order valence-corrected chi connectivity index (χ0v) is 31.7. The summed E-state index contributed by atoms with van der Waals surface area (Å²) in [6, 6.07) is 13.8. The van der Waals surface area contributed by atoms with Crippen LogP contribution in [0, 0.1) is 5.92 Å². The van der Waals surface area contributed by atoms with Crippen molar-refractivity contribution in [3.8, 4) is 0 Å². The van der Waals surface area contributed by atoms with Crippen molar-refractivity contribution in [2.24, 2.45) is 5.92 Å². The Morgan fingerprint density at radius 1 is 1.14 bits per heavy atom. The molecular weight excluding hydrogens is 650 g/mol. The van der Waals surface area contributed by atoms with Gasteiger partial charge in [-0.15, -0.1) is 6.58 Å². The molecule has 274 valence electrons. The molecule has 1 amide bonds. The number of oxazole rings is 1. The van der Waals surface area contributed by atoms with Gasteiger partial charge >= 0.3 is 5.66 Å². The number of benzene rings is 1. The summed E-state index contributed by atoms with van der Waals surface area (Å²) in [6.45, 7) is 19.6. The highest BCUT2D eigenvalue weighted by Gasteiger charge is 2.38. The van der Waals surface area contributed by atoms with Crippen LogP contribution in [0.25, 0.3) is 0 Å². The molecule has 1 aliphatic rings. The van der Waals surface area contributed by atoms with E-state index in [1.54, 1.807) is 30.0 Å². The summed E-state index contributed by atoms with van der Waals surface area (Å²) in [5, 5.41) is 2.58. The van der Waals surface area contributed by atoms with Gasteiger partial charge in [0.25, 0.3) is 11.9 Å². The van der Waals surface area contributed by atoms with Crippen molar-refractivity contribution in [3.05, 3.63) is 78.3 Å². The SMILES string of the molecule is C=CC.CC.CCCN(CCC(C)=O)c1ccc(NC(=O)c2oc(N3CCCC(C)C3)nc2C(F)(F)P)cn1.CCc1ccccc1.CF. The molecule has 1 fully saturated rings. The number of allylic oxidation sites excluding steroid dienone is 1. The van der Waals surface area contributed by atoms with E-state index in [4.69, 9.17) is 4.42 Å². The Hall–Kier alpha value is -3.72. The Morgan fingerprint density at radius 3 is 2.24 bits per heavy atom. The summed E-state index contributed by atoms with van der Waals surface area (Å²) >= 11 is 0. The van der Waals surface area contributed by atoms with Crippen molar-refractivity contribution in [2.75, 3.05) is 48.5 Å². The zero-order chi connectivity index (χ0) is 37.4. The summed E-state index contributed by atoms with van der Waals surface area (Å²) < 4.78 is 43.5. The molecule has 1 aliphatic heterocycles. The minimum Gasteiger partial charge on any atom is -0.418 e. The molecule has 0 aliphatic carbocycles. The highest BCUT2D eigenvalue weighted by Crippen LogP contribution is 2.39. The fourth-order valence-electron chi connectivity index (χ4n) is 4.64. The van der Waals surface area contributed by atoms with Crippen LogP contribution in [0.15, 0.2) is 65.7 Å². The number of carbonyl (C=O) groups is 2. The molecular formula is C37H57F3N5O3P. The second kappa shape index (κ2) is 25.3. The number of ketones is 1. The number of aromatic nitrogens is 2. The lowest BCUT2D eigenvalue weighted by Crippen LogP contribution is -2.34. The van der Waals surface area contributed by atoms with Crippen molar-refractivity contribution >= 4 is 38.5 Å². The fourth-order valence-corrected chi connectivity index (χ4v) is 4.83. The van der Waals surface area contributed by atoms with Gasteiger partial charge in [0.2, 0.25) is 5.76 Å². The maximum Gasteiger partial charge on any atom is 0.304 e. The van der Waals surface area contributed by atoms with E-state index in [1.165, 1.54) is 21.0 Å². The first-order chi connectivity index (χ1) is 23.4. The Morgan fingerprint density at radius 2 is 1.78 bits per heavy atom. The molecule has 8 nitrogen and oxygen atoms in total. The first kappa shape index (κ1) is 45.3. The third-order valence-electron chi connectivity index (χ3n) is 6.87. The van der Waals surface area contributed by atoms with Gasteiger partial charge in [-0.3, -0.25) is 14.0 Å². The predicted octanol–water partition coefficient (Wildman–Crippen LogP) is 9.73. The molecule has 0 saturated carbocycles. The number of piperidine rings is 1. The van der Waals surface area contributed by atoms with E-state index in [9.17, 15) is 22.8 Å². The van der Waals surface area contributed by atoms with Crippen LogP contribution in [0.5, 0.6) is 0 Å². The summed E-state index contributed by atoms with van der Waals surface area (Å²) in [6.07, 6.45) is 7.58. The number of halogens is 3. The van der Waals surface area contributed by atoms with Crippen molar-refractivity contribution in [3.63, 3.8) is 0 Å². The normalized spacial score (nSPS) is 13.4. The molecule has 1 aromatic carbocycles. The Labute approximate surface area is 294 Å². The summed E-state index contributed by atoms with van der Waals surface area (Å²) in [5.74, 6) is -0.203. The van der Waals surface area contributed by atoms with Crippen LogP contribution in [0.1, 0.15) is 96.0 Å². The Bertz CT molecular complexity index is 1340. The van der Waals surface area contributed by atoms with Crippen LogP contribution in [0.4, 0.5) is 30.7 Å². The van der Waals surface area contributed by atoms with Crippen LogP contribution in [-0.4, -0.2) is 55.0 Å². The van der Waals surface area contributed by atoms with E-state index in [-0.39, 0.29) is 11.8 Å². The second-order valence-electron chi connectivity index (χ2n) is 11.0. The highest BCUT2D eigenvalue weighted by molar-refractivity contribution is 7.17. The molecule has 0 spiro atoms. The van der Waals surface area contributed by atoms with Crippen LogP contribution in [-0.2, 0) is 16.9 Å². The van der Waals surface area contributed by atoms with Gasteiger partial charge in [-0.25, -0.2) is 4.98 Å². The van der Waals surface area contributed by atoms with E-state index in [0.717, 1.165) is 32.2 Å². The maximum absolute atomic E-state index is 14.2. The molecule has 1 saturated heterocycles. The average molecular weight is 708 g/mol. The monoisotopic (exact) mass is 707 g/mol. The summed E-state index contributed by atoms with van der Waals surface area (Å²) in [7, 11) is 1.91. The molecule has 2 aromatic heterocycles. The molecule has 49 heavy (non-hydrogen) atoms. The molecule has 0 radical (unpaired) electrons. The molecule has 0 bridgehead atoms. The number of carbonyl (C=O) groups excluding carboxylic acids is 2. The first-order valence-corrected chi connectivity index (χ1v) is 17.4. The predicted molar refractivity (Wildman–Crippen MR) is 201 cm³/mol. The maximum atomic E-state index is 14.2. The van der Waals surface area contributed by atoms with Crippen LogP contribution < -0.4 is 15.1 Å². The van der Waals surface area contributed by atoms with Crippen LogP contribution in [0.3, 0.4) is 0 Å². The zero-order valence-electron chi connectivity index (χ0n) is 30.6. The van der Waals surface area contributed by atoms with Crippen molar-refractivity contribution in [1.82, 2.24) is 9.97 Å². The van der Waals surface area contributed by atoms with Gasteiger partial charge in [-0.2, -0.15) is 13.8 Å². The van der Waals surface area contributed by atoms with Gasteiger partial charge in [0, 0.05) is 32.6 Å². The van der Waals surface area contributed by atoms with E-state index < -0.39 is 23.0 Å². The molecule has 3 aromatic rings. The van der Waals surface area contributed by atoms with Crippen LogP contribution >= 0.6 is 9.24 Å². The number of nitrogens with one attached hydrogen (secondary N) is 1. The summed E-state index contributed by atoms with van der Waals surface area (Å²) in [4.78, 5) is 36.3. The van der Waals surface area contributed by atoms with Crippen molar-refractivity contribution < 1.29 is 27.2 Å². The number of hydrogen-bond acceptors (Lipinski definition) is 7. The smallest absolute Gasteiger partial charge is 0.304 e. The Kier molecular flexibility index (Phi) is 23.4. The molecule has 2 unspecified atom stereocenters. The van der Waals surface area contributed by atoms with Gasteiger partial charge in [0.05, 0.1) is 19.1 Å². The molecule has 2 atom stereocenters. The van der Waals surface area contributed by atoms with E-state index in [1.807, 2.05) is 38.7 Å². The second-order valence-corrected chi connectivity index (χ2v) is 11.8. The van der Waals surface area contributed by atoms with E-state index >= 15 is 0 Å². The average Bonchev–Trinajstić information content (AvgIpc) is 3.57. The van der Waals surface area contributed by atoms with Gasteiger partial charge in [0.1, 0.15) is 11.6 Å². The van der Waals surface area contributed by atoms with Gasteiger partial charge in [-0.05, 0) is 63.1 Å². The first-order valence-electron chi connectivity index (χ1n) is 16.9. The van der Waals surface area contributed by atoms with Crippen molar-refractivity contribution in [2.45, 2.75) is 86.2 Å². The van der Waals surface area contributed by atoms with Gasteiger partial charge in [0.15, 0.2) is 5.69 Å². The minimum absolute atomic E-state index is 0.0305. The lowest BCUT2D eigenvalue weighted by Gasteiger charge is -2.29. The number of hydrogen-bond donors (Lipinski definition) is 1. The molecule has 3 heterocycles. The third-order valence-corrected chi connectivity index (χ3v) is 7.15. The Balaban J connectivity index is 0.00000129. The molecule has 1 N–H and O–H groups in total. The fraction of sp³-hybridized carbons (Fsp3) is 0.514. The number of amides is 1. The van der Waals surface area contributed by atoms with Gasteiger partial charge in [-0.1, -0.05) is 80.3 Å². The number of rotatable bonds is 11. The standard InChI is InChI=1S/C23H32F2N5O3P.C8H10.C3H6.C2H6.CH3F/c1-4-10-29(12-9-16(3)31)18-8-7-17(13-26-18)27-21(32)19-20(23(24,25)34)28-22(33-19)30-11-5-6-15(2)14-30;1-2-8-6-4-3-5-7-8;1-3-2;2*1-2/h7-8,13,15H,4-6,9-12,14,34H2,1-3H3,(H,27,32);3-7H,2H2,1H3;3H,1H2,2H3;1-2H3;1H3. The number of alkyl halides is 3.